The Balaban J connectivity index is 1.58. The summed E-state index contributed by atoms with van der Waals surface area (Å²) >= 11 is 0. The monoisotopic (exact) mass is 330 g/mol. The van der Waals surface area contributed by atoms with Crippen molar-refractivity contribution in [3.8, 4) is 0 Å². The van der Waals surface area contributed by atoms with Crippen LogP contribution in [-0.2, 0) is 0 Å². The van der Waals surface area contributed by atoms with Crippen molar-refractivity contribution < 1.29 is 4.79 Å². The van der Waals surface area contributed by atoms with E-state index in [-0.39, 0.29) is 5.91 Å². The minimum absolute atomic E-state index is 0.117. The number of carbonyl (C=O) groups excluding carboxylic acids is 1. The van der Waals surface area contributed by atoms with Gasteiger partial charge >= 0.3 is 0 Å². The van der Waals surface area contributed by atoms with E-state index >= 15 is 0 Å². The summed E-state index contributed by atoms with van der Waals surface area (Å²) in [6.07, 6.45) is 3.10. The standard InChI is InChI=1S/C22H22N2O/c1-15-7-9-18(10-8-15)22(25)24-13-11-17(12-14-24)21-16(2)23-20-6-4-3-5-19(20)21/h3-11,23H,12-14H2,1-2H3. The van der Waals surface area contributed by atoms with Crippen molar-refractivity contribution in [1.82, 2.24) is 9.88 Å². The molecule has 3 nitrogen and oxygen atoms in total. The molecule has 1 aromatic heterocycles. The van der Waals surface area contributed by atoms with Crippen molar-refractivity contribution >= 4 is 22.4 Å². The van der Waals surface area contributed by atoms with E-state index in [9.17, 15) is 4.79 Å². The smallest absolute Gasteiger partial charge is 0.254 e. The zero-order valence-electron chi connectivity index (χ0n) is 14.7. The van der Waals surface area contributed by atoms with Gasteiger partial charge in [0.1, 0.15) is 0 Å². The molecule has 2 heterocycles. The Hall–Kier alpha value is -2.81. The van der Waals surface area contributed by atoms with Crippen molar-refractivity contribution in [2.24, 2.45) is 0 Å². The highest BCUT2D eigenvalue weighted by atomic mass is 16.2. The average molecular weight is 330 g/mol. The molecule has 0 atom stereocenters. The van der Waals surface area contributed by atoms with E-state index in [0.717, 1.165) is 18.5 Å². The number of carbonyl (C=O) groups is 1. The highest BCUT2D eigenvalue weighted by Gasteiger charge is 2.21. The van der Waals surface area contributed by atoms with Gasteiger partial charge in [0.15, 0.2) is 0 Å². The number of hydrogen-bond donors (Lipinski definition) is 1. The molecule has 1 N–H and O–H groups in total. The number of aromatic amines is 1. The lowest BCUT2D eigenvalue weighted by atomic mass is 9.96. The number of benzene rings is 2. The molecule has 1 amide bonds. The van der Waals surface area contributed by atoms with Gasteiger partial charge in [-0.2, -0.15) is 0 Å². The quantitative estimate of drug-likeness (QED) is 0.725. The number of nitrogens with zero attached hydrogens (tertiary/aromatic N) is 1. The van der Waals surface area contributed by atoms with E-state index in [1.807, 2.05) is 36.1 Å². The third-order valence-electron chi connectivity index (χ3n) is 5.01. The van der Waals surface area contributed by atoms with Gasteiger partial charge in [-0.1, -0.05) is 42.0 Å². The summed E-state index contributed by atoms with van der Waals surface area (Å²) in [5, 5.41) is 1.27. The lowest BCUT2D eigenvalue weighted by molar-refractivity contribution is 0.0773. The van der Waals surface area contributed by atoms with E-state index in [0.29, 0.717) is 6.54 Å². The highest BCUT2D eigenvalue weighted by molar-refractivity contribution is 5.97. The Kier molecular flexibility index (Phi) is 3.92. The number of para-hydroxylation sites is 1. The van der Waals surface area contributed by atoms with E-state index in [1.54, 1.807) is 0 Å². The van der Waals surface area contributed by atoms with Crippen molar-refractivity contribution in [1.29, 1.82) is 0 Å². The molecule has 0 aliphatic carbocycles. The summed E-state index contributed by atoms with van der Waals surface area (Å²) in [5.74, 6) is 0.117. The number of amides is 1. The van der Waals surface area contributed by atoms with Crippen LogP contribution in [0.4, 0.5) is 0 Å². The molecule has 4 rings (SSSR count). The minimum atomic E-state index is 0.117. The lowest BCUT2D eigenvalue weighted by Crippen LogP contribution is -2.34. The fourth-order valence-corrected chi connectivity index (χ4v) is 3.65. The van der Waals surface area contributed by atoms with Crippen LogP contribution in [0.3, 0.4) is 0 Å². The second-order valence-electron chi connectivity index (χ2n) is 6.77. The highest BCUT2D eigenvalue weighted by Crippen LogP contribution is 2.32. The SMILES string of the molecule is Cc1ccc(C(=O)N2CC=C(c3c(C)[nH]c4ccccc34)CC2)cc1. The van der Waals surface area contributed by atoms with Crippen LogP contribution in [0.5, 0.6) is 0 Å². The Morgan fingerprint density at radius 1 is 1.04 bits per heavy atom. The first-order valence-electron chi connectivity index (χ1n) is 8.76. The molecule has 0 radical (unpaired) electrons. The van der Waals surface area contributed by atoms with Crippen LogP contribution >= 0.6 is 0 Å². The number of aryl methyl sites for hydroxylation is 2. The third kappa shape index (κ3) is 2.86. The molecular formula is C22H22N2O. The maximum Gasteiger partial charge on any atom is 0.254 e. The van der Waals surface area contributed by atoms with Gasteiger partial charge < -0.3 is 9.88 Å². The minimum Gasteiger partial charge on any atom is -0.358 e. The normalized spacial score (nSPS) is 14.6. The Labute approximate surface area is 148 Å². The zero-order chi connectivity index (χ0) is 17.4. The first-order chi connectivity index (χ1) is 12.1. The predicted molar refractivity (Wildman–Crippen MR) is 103 cm³/mol. The molecule has 0 bridgehead atoms. The molecule has 0 saturated heterocycles. The van der Waals surface area contributed by atoms with E-state index in [1.165, 1.54) is 33.3 Å². The predicted octanol–water partition coefficient (Wildman–Crippen LogP) is 4.71. The second kappa shape index (κ2) is 6.25. The molecule has 0 fully saturated rings. The summed E-state index contributed by atoms with van der Waals surface area (Å²) in [7, 11) is 0. The first-order valence-corrected chi connectivity index (χ1v) is 8.76. The summed E-state index contributed by atoms with van der Waals surface area (Å²) in [5.41, 5.74) is 6.96. The van der Waals surface area contributed by atoms with Crippen molar-refractivity contribution in [3.63, 3.8) is 0 Å². The molecular weight excluding hydrogens is 308 g/mol. The molecule has 1 aliphatic rings. The largest absolute Gasteiger partial charge is 0.358 e. The summed E-state index contributed by atoms with van der Waals surface area (Å²) in [6, 6.07) is 16.2. The van der Waals surface area contributed by atoms with Crippen molar-refractivity contribution in [3.05, 3.63) is 77.0 Å². The van der Waals surface area contributed by atoms with Crippen LogP contribution in [0, 0.1) is 13.8 Å². The molecule has 3 aromatic rings. The summed E-state index contributed by atoms with van der Waals surface area (Å²) < 4.78 is 0. The molecule has 2 aromatic carbocycles. The zero-order valence-corrected chi connectivity index (χ0v) is 14.7. The average Bonchev–Trinajstić information content (AvgIpc) is 2.97. The number of H-pyrrole nitrogens is 1. The number of rotatable bonds is 2. The number of aromatic nitrogens is 1. The molecule has 1 aliphatic heterocycles. The molecule has 0 saturated carbocycles. The Morgan fingerprint density at radius 3 is 2.52 bits per heavy atom. The van der Waals surface area contributed by atoms with Crippen LogP contribution in [0.1, 0.15) is 33.6 Å². The maximum atomic E-state index is 12.7. The van der Waals surface area contributed by atoms with Gasteiger partial charge in [-0.25, -0.2) is 0 Å². The van der Waals surface area contributed by atoms with Gasteiger partial charge in [-0.3, -0.25) is 4.79 Å². The summed E-state index contributed by atoms with van der Waals surface area (Å²) in [4.78, 5) is 18.1. The third-order valence-corrected chi connectivity index (χ3v) is 5.01. The van der Waals surface area contributed by atoms with Gasteiger partial charge in [0.05, 0.1) is 0 Å². The number of fused-ring (bicyclic) bond motifs is 1. The number of hydrogen-bond acceptors (Lipinski definition) is 1. The molecule has 3 heteroatoms. The van der Waals surface area contributed by atoms with Crippen LogP contribution in [0.25, 0.3) is 16.5 Å². The van der Waals surface area contributed by atoms with Crippen LogP contribution in [0.15, 0.2) is 54.6 Å². The summed E-state index contributed by atoms with van der Waals surface area (Å²) in [6.45, 7) is 5.59. The van der Waals surface area contributed by atoms with Gasteiger partial charge in [0, 0.05) is 40.8 Å². The molecule has 0 unspecified atom stereocenters. The van der Waals surface area contributed by atoms with Crippen molar-refractivity contribution in [2.75, 3.05) is 13.1 Å². The molecule has 126 valence electrons. The maximum absolute atomic E-state index is 12.7. The van der Waals surface area contributed by atoms with Crippen molar-refractivity contribution in [2.45, 2.75) is 20.3 Å². The van der Waals surface area contributed by atoms with E-state index < -0.39 is 0 Å². The Morgan fingerprint density at radius 2 is 1.80 bits per heavy atom. The fourth-order valence-electron chi connectivity index (χ4n) is 3.65. The van der Waals surface area contributed by atoms with Crippen LogP contribution < -0.4 is 0 Å². The lowest BCUT2D eigenvalue weighted by Gasteiger charge is -2.27. The van der Waals surface area contributed by atoms with Gasteiger partial charge in [-0.05, 0) is 44.0 Å². The fraction of sp³-hybridized carbons (Fsp3) is 0.227. The molecule has 25 heavy (non-hydrogen) atoms. The van der Waals surface area contributed by atoms with E-state index in [2.05, 4.69) is 42.2 Å². The topological polar surface area (TPSA) is 36.1 Å². The van der Waals surface area contributed by atoms with Crippen LogP contribution in [-0.4, -0.2) is 28.9 Å². The van der Waals surface area contributed by atoms with Crippen LogP contribution in [0.2, 0.25) is 0 Å². The van der Waals surface area contributed by atoms with Gasteiger partial charge in [0.25, 0.3) is 5.91 Å². The van der Waals surface area contributed by atoms with E-state index in [4.69, 9.17) is 0 Å². The first kappa shape index (κ1) is 15.7. The Bertz CT molecular complexity index is 963. The molecule has 0 spiro atoms. The number of nitrogens with one attached hydrogen (secondary N) is 1. The van der Waals surface area contributed by atoms with Gasteiger partial charge in [-0.15, -0.1) is 0 Å². The second-order valence-corrected chi connectivity index (χ2v) is 6.77. The van der Waals surface area contributed by atoms with Gasteiger partial charge in [0.2, 0.25) is 0 Å².